The summed E-state index contributed by atoms with van der Waals surface area (Å²) in [6.07, 6.45) is 7.61. The predicted molar refractivity (Wildman–Crippen MR) is 321 cm³/mol. The number of rotatable bonds is 30. The number of thioether (sulfide) groups is 1. The van der Waals surface area contributed by atoms with Gasteiger partial charge in [-0.25, -0.2) is 0 Å². The van der Waals surface area contributed by atoms with Crippen LogP contribution in [0, 0.1) is 23.2 Å². The Morgan fingerprint density at radius 1 is 0.889 bits per heavy atom. The highest BCUT2D eigenvalue weighted by atomic mass is 32.2. The number of esters is 1. The number of nitrogens with one attached hydrogen (secondary N) is 7. The third-order valence-corrected chi connectivity index (χ3v) is 14.5. The molecule has 1 aromatic rings. The van der Waals surface area contributed by atoms with Gasteiger partial charge in [0.05, 0.1) is 24.3 Å². The van der Waals surface area contributed by atoms with Crippen LogP contribution in [0.25, 0.3) is 0 Å². The largest absolute Gasteiger partial charge is 0.481 e. The van der Waals surface area contributed by atoms with Crippen molar-refractivity contribution in [2.45, 2.75) is 195 Å². The maximum Gasteiger partial charge on any atom is 0.306 e. The first kappa shape index (κ1) is 75.3. The van der Waals surface area contributed by atoms with Crippen LogP contribution >= 0.6 is 24.4 Å². The summed E-state index contributed by atoms with van der Waals surface area (Å²) < 4.78 is 5.69. The Morgan fingerprint density at radius 2 is 1.49 bits per heavy atom. The van der Waals surface area contributed by atoms with Crippen molar-refractivity contribution in [2.24, 2.45) is 34.6 Å². The lowest BCUT2D eigenvalue weighted by Crippen LogP contribution is -2.54. The van der Waals surface area contributed by atoms with Gasteiger partial charge in [0.25, 0.3) is 5.91 Å². The minimum Gasteiger partial charge on any atom is -0.481 e. The number of primary amides is 1. The Balaban J connectivity index is 0.00000287. The number of ether oxygens (including phenoxy) is 1. The first-order chi connectivity index (χ1) is 38.2. The molecular weight excluding hydrogens is 1080 g/mol. The second-order valence-corrected chi connectivity index (χ2v) is 22.6. The number of aliphatic carboxylic acids is 1. The van der Waals surface area contributed by atoms with Gasteiger partial charge >= 0.3 is 11.9 Å². The van der Waals surface area contributed by atoms with E-state index in [1.807, 2.05) is 62.4 Å². The summed E-state index contributed by atoms with van der Waals surface area (Å²) in [7, 11) is 1.92. The lowest BCUT2D eigenvalue weighted by molar-refractivity contribution is -0.147. The van der Waals surface area contributed by atoms with Crippen molar-refractivity contribution in [3.05, 3.63) is 40.9 Å². The van der Waals surface area contributed by atoms with Crippen LogP contribution in [0.2, 0.25) is 0 Å². The molecule has 4 rings (SSSR count). The third kappa shape index (κ3) is 31.3. The number of benzene rings is 1. The fraction of sp³-hybridized carbons (Fsp3) is 0.684. The van der Waals surface area contributed by atoms with Crippen LogP contribution < -0.4 is 48.7 Å². The van der Waals surface area contributed by atoms with E-state index in [0.717, 1.165) is 48.1 Å². The highest BCUT2D eigenvalue weighted by molar-refractivity contribution is 8.03. The van der Waals surface area contributed by atoms with E-state index < -0.39 is 95.2 Å². The number of carbonyl (C=O) groups is 10. The zero-order chi connectivity index (χ0) is 62.0. The summed E-state index contributed by atoms with van der Waals surface area (Å²) in [5.41, 5.74) is 12.6. The highest BCUT2D eigenvalue weighted by Gasteiger charge is 2.43. The molecule has 81 heavy (non-hydrogen) atoms. The van der Waals surface area contributed by atoms with E-state index in [4.69, 9.17) is 16.2 Å². The van der Waals surface area contributed by atoms with Crippen molar-refractivity contribution >= 4 is 89.3 Å². The van der Waals surface area contributed by atoms with Gasteiger partial charge in [-0.3, -0.25) is 52.8 Å². The topological polar surface area (TPSA) is 340 Å². The van der Waals surface area contributed by atoms with Crippen molar-refractivity contribution in [3.8, 4) is 0 Å². The zero-order valence-electron chi connectivity index (χ0n) is 50.3. The van der Waals surface area contributed by atoms with Crippen LogP contribution in [0.3, 0.4) is 0 Å². The molecule has 8 amide bonds. The van der Waals surface area contributed by atoms with Crippen molar-refractivity contribution in [1.82, 2.24) is 36.8 Å². The average molecular weight is 1180 g/mol. The number of likely N-dealkylation sites (tertiary alicyclic amines) is 1. The molecule has 2 aliphatic heterocycles. The van der Waals surface area contributed by atoms with E-state index in [2.05, 4.69) is 63.7 Å². The molecule has 12 N–H and O–H groups in total. The Kier molecular flexibility index (Phi) is 37.6. The molecule has 1 aromatic carbocycles. The van der Waals surface area contributed by atoms with Crippen LogP contribution in [0.5, 0.6) is 0 Å². The lowest BCUT2D eigenvalue weighted by atomic mass is 9.95. The molecule has 0 spiro atoms. The molecule has 1 aliphatic carbocycles. The van der Waals surface area contributed by atoms with Gasteiger partial charge in [-0.1, -0.05) is 101 Å². The van der Waals surface area contributed by atoms with E-state index in [-0.39, 0.29) is 61.2 Å². The monoisotopic (exact) mass is 1180 g/mol. The SMILES string of the molecule is CC.CC.CC1(C)CC1.CC[C@H](C)CC(=O)NC(CC(OC(C)=O)C1NC(C(=O)NC(Cc2ccc(NC(=O)CNC(=O)CNC(=O)C(CN)N3C(=O)CC(S)C3=O)cc2)CC(C)C(=O)O)=CS1)C(C)C.CNCCCCCC(N)=O. The second-order valence-electron chi connectivity index (χ2n) is 21.0. The Morgan fingerprint density at radius 3 is 1.99 bits per heavy atom. The Labute approximate surface area is 490 Å². The van der Waals surface area contributed by atoms with Crippen LogP contribution in [0.1, 0.15) is 159 Å². The summed E-state index contributed by atoms with van der Waals surface area (Å²) in [6, 6.07) is 4.37. The van der Waals surface area contributed by atoms with E-state index in [1.165, 1.54) is 38.5 Å². The molecule has 3 aliphatic rings. The number of carbonyl (C=O) groups excluding carboxylic acids is 9. The molecular formula is C57H98N10O12S2. The fourth-order valence-electron chi connectivity index (χ4n) is 7.63. The van der Waals surface area contributed by atoms with E-state index in [9.17, 15) is 53.1 Å². The number of unbranched alkanes of at least 4 members (excludes halogenated alkanes) is 2. The second kappa shape index (κ2) is 40.5. The fourth-order valence-corrected chi connectivity index (χ4v) is 8.90. The van der Waals surface area contributed by atoms with Gasteiger partial charge in [0, 0.05) is 62.3 Å². The number of nitrogens with zero attached hydrogens (tertiary/aromatic N) is 1. The molecule has 0 aromatic heterocycles. The minimum absolute atomic E-state index is 0.0306. The minimum atomic E-state index is -1.31. The van der Waals surface area contributed by atoms with Crippen LogP contribution in [0.4, 0.5) is 5.69 Å². The maximum atomic E-state index is 13.6. The highest BCUT2D eigenvalue weighted by Crippen LogP contribution is 2.43. The van der Waals surface area contributed by atoms with E-state index in [1.54, 1.807) is 29.7 Å². The number of hydrogen-bond acceptors (Lipinski definition) is 16. The van der Waals surface area contributed by atoms with Gasteiger partial charge < -0.3 is 58.5 Å². The number of amides is 8. The Bertz CT molecular complexity index is 2190. The molecule has 0 radical (unpaired) electrons. The van der Waals surface area contributed by atoms with Crippen molar-refractivity contribution < 1.29 is 57.8 Å². The summed E-state index contributed by atoms with van der Waals surface area (Å²) in [5.74, 6) is -6.21. The van der Waals surface area contributed by atoms with Gasteiger partial charge in [-0.15, -0.1) is 11.8 Å². The van der Waals surface area contributed by atoms with Crippen molar-refractivity contribution in [3.63, 3.8) is 0 Å². The molecule has 460 valence electrons. The zero-order valence-corrected chi connectivity index (χ0v) is 52.0. The van der Waals surface area contributed by atoms with Crippen LogP contribution in [0.15, 0.2) is 35.4 Å². The number of imide groups is 1. The van der Waals surface area contributed by atoms with Crippen LogP contribution in [-0.4, -0.2) is 137 Å². The lowest BCUT2D eigenvalue weighted by Gasteiger charge is -2.30. The molecule has 22 nitrogen and oxygen atoms in total. The summed E-state index contributed by atoms with van der Waals surface area (Å²) in [5, 5.41) is 29.4. The van der Waals surface area contributed by atoms with Gasteiger partial charge in [0.2, 0.25) is 41.4 Å². The van der Waals surface area contributed by atoms with Crippen LogP contribution in [-0.2, 0) is 59.1 Å². The van der Waals surface area contributed by atoms with Gasteiger partial charge in [0.1, 0.15) is 23.2 Å². The first-order valence-corrected chi connectivity index (χ1v) is 29.9. The standard InChI is InChI=1S/C41H60N8O11S2.C7H16N2O.C5H10.2C2H6/c1-7-22(4)12-33(51)47-28(21(2)3)15-31(60-24(6)50)39-48-29(20-62-39)37(55)46-27(13-23(5)41(58)59)14-25-8-10-26(11-9-25)45-35(53)19-43-34(52)18-44-38(56)30(17-42)49-36(54)16-32(61)40(49)57;1-9-6-4-2-3-5-7(8)10;1-5(2)3-4-5;2*1-2/h8-11,20-23,27-28,30-32,39,48,61H,7,12-19,42H2,1-6H3,(H,43,52)(H,44,56)(H,45,53)(H,46,55)(H,47,51)(H,58,59);9H,2-6H2,1H3,(H2,8,10);3-4H2,1-2H3;2*1-2H3/t22-,23?,27?,28?,30?,31?,32?,39?;;;;/m0..../s1. The number of thiol groups is 1. The molecule has 0 bridgehead atoms. The number of carboxylic acids is 1. The van der Waals surface area contributed by atoms with E-state index in [0.29, 0.717) is 24.9 Å². The maximum absolute atomic E-state index is 13.6. The average Bonchev–Trinajstić information content (AvgIpc) is 3.90. The Hall–Kier alpha value is -5.72. The summed E-state index contributed by atoms with van der Waals surface area (Å²) in [4.78, 5) is 123. The van der Waals surface area contributed by atoms with Gasteiger partial charge in [0.15, 0.2) is 0 Å². The molecule has 7 unspecified atom stereocenters. The van der Waals surface area contributed by atoms with Crippen molar-refractivity contribution in [2.75, 3.05) is 38.5 Å². The molecule has 24 heteroatoms. The summed E-state index contributed by atoms with van der Waals surface area (Å²) in [6.45, 7) is 23.1. The third-order valence-electron chi connectivity index (χ3n) is 13.0. The normalized spacial score (nSPS) is 17.7. The first-order valence-electron chi connectivity index (χ1n) is 28.4. The number of hydrogen-bond donors (Lipinski definition) is 11. The number of anilines is 1. The molecule has 2 fully saturated rings. The van der Waals surface area contributed by atoms with Gasteiger partial charge in [-0.05, 0) is 87.1 Å². The smallest absolute Gasteiger partial charge is 0.306 e. The van der Waals surface area contributed by atoms with Crippen molar-refractivity contribution in [1.29, 1.82) is 0 Å². The number of nitrogens with two attached hydrogens (primary N) is 2. The molecule has 8 atom stereocenters. The van der Waals surface area contributed by atoms with Gasteiger partial charge in [-0.2, -0.15) is 12.6 Å². The molecule has 2 heterocycles. The molecule has 1 saturated carbocycles. The number of carboxylic acid groups (broad SMARTS) is 1. The quantitative estimate of drug-likeness (QED) is 0.0211. The van der Waals surface area contributed by atoms with E-state index >= 15 is 0 Å². The predicted octanol–water partition coefficient (Wildman–Crippen LogP) is 4.89. The summed E-state index contributed by atoms with van der Waals surface area (Å²) >= 11 is 5.30. The molecule has 1 saturated heterocycles.